The van der Waals surface area contributed by atoms with Gasteiger partial charge in [-0.1, -0.05) is 30.3 Å². The van der Waals surface area contributed by atoms with Crippen LogP contribution >= 0.6 is 0 Å². The summed E-state index contributed by atoms with van der Waals surface area (Å²) < 4.78 is 5.77. The Bertz CT molecular complexity index is 1290. The standard InChI is InChI=1S/C26H19N3O2/c30-26(19-12-16-22(17-13-19)31-21-6-2-1-3-7-21)27-20-14-10-18(11-15-20)25-28-23-8-4-5-9-24(23)29-25/h1-17H,(H,27,30)(H,28,29). The quantitative estimate of drug-likeness (QED) is 0.362. The van der Waals surface area contributed by atoms with Crippen molar-refractivity contribution in [1.29, 1.82) is 0 Å². The van der Waals surface area contributed by atoms with Gasteiger partial charge in [0.15, 0.2) is 0 Å². The van der Waals surface area contributed by atoms with Crippen LogP contribution < -0.4 is 10.1 Å². The van der Waals surface area contributed by atoms with Crippen molar-refractivity contribution in [2.24, 2.45) is 0 Å². The summed E-state index contributed by atoms with van der Waals surface area (Å²) >= 11 is 0. The summed E-state index contributed by atoms with van der Waals surface area (Å²) in [7, 11) is 0. The van der Waals surface area contributed by atoms with Crippen LogP contribution in [0.5, 0.6) is 11.5 Å². The van der Waals surface area contributed by atoms with E-state index >= 15 is 0 Å². The third-order valence-electron chi connectivity index (χ3n) is 4.90. The fourth-order valence-corrected chi connectivity index (χ4v) is 3.30. The molecule has 0 aliphatic rings. The maximum Gasteiger partial charge on any atom is 0.255 e. The first-order chi connectivity index (χ1) is 15.2. The van der Waals surface area contributed by atoms with E-state index in [0.29, 0.717) is 11.3 Å². The number of para-hydroxylation sites is 3. The fraction of sp³-hybridized carbons (Fsp3) is 0. The average molecular weight is 405 g/mol. The first-order valence-corrected chi connectivity index (χ1v) is 9.94. The molecule has 0 atom stereocenters. The number of aromatic amines is 1. The molecule has 4 aromatic carbocycles. The van der Waals surface area contributed by atoms with Crippen molar-refractivity contribution >= 4 is 22.6 Å². The minimum absolute atomic E-state index is 0.178. The number of amides is 1. The number of aromatic nitrogens is 2. The molecule has 5 heteroatoms. The van der Waals surface area contributed by atoms with Gasteiger partial charge < -0.3 is 15.0 Å². The molecule has 31 heavy (non-hydrogen) atoms. The number of benzene rings is 4. The van der Waals surface area contributed by atoms with E-state index in [9.17, 15) is 4.79 Å². The Balaban J connectivity index is 1.26. The predicted molar refractivity (Wildman–Crippen MR) is 122 cm³/mol. The van der Waals surface area contributed by atoms with Crippen molar-refractivity contribution in [2.75, 3.05) is 5.32 Å². The molecule has 1 aromatic heterocycles. The molecular formula is C26H19N3O2. The number of imidazole rings is 1. The molecule has 0 fully saturated rings. The Morgan fingerprint density at radius 2 is 1.42 bits per heavy atom. The molecule has 0 radical (unpaired) electrons. The van der Waals surface area contributed by atoms with Gasteiger partial charge in [0.25, 0.3) is 5.91 Å². The van der Waals surface area contributed by atoms with Crippen molar-refractivity contribution in [1.82, 2.24) is 9.97 Å². The van der Waals surface area contributed by atoms with Crippen molar-refractivity contribution < 1.29 is 9.53 Å². The van der Waals surface area contributed by atoms with Crippen LogP contribution in [0.3, 0.4) is 0 Å². The monoisotopic (exact) mass is 405 g/mol. The van der Waals surface area contributed by atoms with Gasteiger partial charge in [-0.2, -0.15) is 0 Å². The number of carbonyl (C=O) groups excluding carboxylic acids is 1. The molecule has 0 aliphatic heterocycles. The van der Waals surface area contributed by atoms with Crippen LogP contribution in [0.2, 0.25) is 0 Å². The van der Waals surface area contributed by atoms with Gasteiger partial charge >= 0.3 is 0 Å². The molecule has 5 rings (SSSR count). The molecule has 150 valence electrons. The summed E-state index contributed by atoms with van der Waals surface area (Å²) in [6.45, 7) is 0. The molecule has 0 saturated carbocycles. The largest absolute Gasteiger partial charge is 0.457 e. The minimum Gasteiger partial charge on any atom is -0.457 e. The molecule has 0 unspecified atom stereocenters. The second-order valence-electron chi connectivity index (χ2n) is 7.07. The summed E-state index contributed by atoms with van der Waals surface area (Å²) in [5.41, 5.74) is 4.15. The maximum absolute atomic E-state index is 12.6. The highest BCUT2D eigenvalue weighted by molar-refractivity contribution is 6.04. The highest BCUT2D eigenvalue weighted by Gasteiger charge is 2.08. The molecule has 0 bridgehead atoms. The van der Waals surface area contributed by atoms with E-state index < -0.39 is 0 Å². The Labute approximate surface area is 179 Å². The van der Waals surface area contributed by atoms with Crippen molar-refractivity contribution in [3.63, 3.8) is 0 Å². The Hall–Kier alpha value is -4.38. The molecule has 0 spiro atoms. The fourth-order valence-electron chi connectivity index (χ4n) is 3.30. The number of nitrogens with zero attached hydrogens (tertiary/aromatic N) is 1. The molecule has 1 heterocycles. The number of H-pyrrole nitrogens is 1. The van der Waals surface area contributed by atoms with Crippen LogP contribution in [0.25, 0.3) is 22.4 Å². The van der Waals surface area contributed by atoms with Crippen LogP contribution in [0, 0.1) is 0 Å². The van der Waals surface area contributed by atoms with Crippen LogP contribution in [0.4, 0.5) is 5.69 Å². The van der Waals surface area contributed by atoms with Gasteiger partial charge in [0.2, 0.25) is 0 Å². The van der Waals surface area contributed by atoms with Crippen molar-refractivity contribution in [2.45, 2.75) is 0 Å². The number of anilines is 1. The van der Waals surface area contributed by atoms with E-state index in [-0.39, 0.29) is 5.91 Å². The van der Waals surface area contributed by atoms with Crippen molar-refractivity contribution in [3.8, 4) is 22.9 Å². The van der Waals surface area contributed by atoms with Crippen LogP contribution in [-0.2, 0) is 0 Å². The molecule has 5 aromatic rings. The second-order valence-corrected chi connectivity index (χ2v) is 7.07. The Morgan fingerprint density at radius 3 is 2.16 bits per heavy atom. The molecule has 0 saturated heterocycles. The summed E-state index contributed by atoms with van der Waals surface area (Å²) in [6.07, 6.45) is 0. The number of rotatable bonds is 5. The van der Waals surface area contributed by atoms with Gasteiger partial charge in [-0.05, 0) is 72.8 Å². The number of hydrogen-bond acceptors (Lipinski definition) is 3. The highest BCUT2D eigenvalue weighted by Crippen LogP contribution is 2.23. The van der Waals surface area contributed by atoms with Gasteiger partial charge in [-0.3, -0.25) is 4.79 Å². The lowest BCUT2D eigenvalue weighted by Gasteiger charge is -2.08. The lowest BCUT2D eigenvalue weighted by atomic mass is 10.1. The van der Waals surface area contributed by atoms with E-state index in [1.54, 1.807) is 24.3 Å². The van der Waals surface area contributed by atoms with Gasteiger partial charge in [0.05, 0.1) is 11.0 Å². The summed E-state index contributed by atoms with van der Waals surface area (Å²) in [5.74, 6) is 2.05. The van der Waals surface area contributed by atoms with Gasteiger partial charge in [-0.25, -0.2) is 4.98 Å². The van der Waals surface area contributed by atoms with E-state index in [1.165, 1.54) is 0 Å². The number of hydrogen-bond donors (Lipinski definition) is 2. The lowest BCUT2D eigenvalue weighted by molar-refractivity contribution is 0.102. The Kier molecular flexibility index (Phi) is 4.91. The Morgan fingerprint density at radius 1 is 0.742 bits per heavy atom. The number of fused-ring (bicyclic) bond motifs is 1. The molecule has 1 amide bonds. The van der Waals surface area contributed by atoms with Crippen LogP contribution in [-0.4, -0.2) is 15.9 Å². The lowest BCUT2D eigenvalue weighted by Crippen LogP contribution is -2.11. The minimum atomic E-state index is -0.178. The van der Waals surface area contributed by atoms with Crippen molar-refractivity contribution in [3.05, 3.63) is 109 Å². The van der Waals surface area contributed by atoms with Gasteiger partial charge in [0.1, 0.15) is 17.3 Å². The third kappa shape index (κ3) is 4.16. The second kappa shape index (κ2) is 8.16. The van der Waals surface area contributed by atoms with Crippen LogP contribution in [0.1, 0.15) is 10.4 Å². The highest BCUT2D eigenvalue weighted by atomic mass is 16.5. The molecule has 5 nitrogen and oxygen atoms in total. The summed E-state index contributed by atoms with van der Waals surface area (Å²) in [4.78, 5) is 20.5. The van der Waals surface area contributed by atoms with Crippen LogP contribution in [0.15, 0.2) is 103 Å². The number of ether oxygens (including phenoxy) is 1. The van der Waals surface area contributed by atoms with E-state index in [2.05, 4.69) is 15.3 Å². The smallest absolute Gasteiger partial charge is 0.255 e. The molecular weight excluding hydrogens is 386 g/mol. The number of carbonyl (C=O) groups is 1. The summed E-state index contributed by atoms with van der Waals surface area (Å²) in [6, 6.07) is 32.1. The number of nitrogens with one attached hydrogen (secondary N) is 2. The normalized spacial score (nSPS) is 10.7. The molecule has 0 aliphatic carbocycles. The average Bonchev–Trinajstić information content (AvgIpc) is 3.25. The first-order valence-electron chi connectivity index (χ1n) is 9.94. The maximum atomic E-state index is 12.6. The van der Waals surface area contributed by atoms with E-state index in [0.717, 1.165) is 33.9 Å². The topological polar surface area (TPSA) is 67.0 Å². The zero-order chi connectivity index (χ0) is 21.0. The van der Waals surface area contributed by atoms with Gasteiger partial charge in [0, 0.05) is 16.8 Å². The molecule has 2 N–H and O–H groups in total. The SMILES string of the molecule is O=C(Nc1ccc(-c2nc3ccccc3[nH]2)cc1)c1ccc(Oc2ccccc2)cc1. The first kappa shape index (κ1) is 18.6. The predicted octanol–water partition coefficient (Wildman–Crippen LogP) is 6.27. The summed E-state index contributed by atoms with van der Waals surface area (Å²) in [5, 5.41) is 2.92. The zero-order valence-corrected chi connectivity index (χ0v) is 16.6. The zero-order valence-electron chi connectivity index (χ0n) is 16.6. The van der Waals surface area contributed by atoms with E-state index in [1.807, 2.05) is 78.9 Å². The van der Waals surface area contributed by atoms with Gasteiger partial charge in [-0.15, -0.1) is 0 Å². The van der Waals surface area contributed by atoms with E-state index in [4.69, 9.17) is 4.74 Å². The third-order valence-corrected chi connectivity index (χ3v) is 4.90.